The van der Waals surface area contributed by atoms with Gasteiger partial charge in [0.25, 0.3) is 0 Å². The molecule has 1 rings (SSSR count). The van der Waals surface area contributed by atoms with Gasteiger partial charge in [-0.2, -0.15) is 0 Å². The average molecular weight is 270 g/mol. The molecule has 19 heavy (non-hydrogen) atoms. The van der Waals surface area contributed by atoms with E-state index in [2.05, 4.69) is 10.6 Å². The Balaban J connectivity index is 2.34. The van der Waals surface area contributed by atoms with Gasteiger partial charge in [-0.1, -0.05) is 12.8 Å². The summed E-state index contributed by atoms with van der Waals surface area (Å²) >= 11 is 0. The molecule has 1 aliphatic carbocycles. The molecule has 0 aliphatic heterocycles. The van der Waals surface area contributed by atoms with Crippen molar-refractivity contribution in [2.45, 2.75) is 57.4 Å². The summed E-state index contributed by atoms with van der Waals surface area (Å²) in [4.78, 5) is 34.2. The van der Waals surface area contributed by atoms with Crippen molar-refractivity contribution in [3.05, 3.63) is 0 Å². The second-order valence-corrected chi connectivity index (χ2v) is 4.95. The molecule has 1 aliphatic rings. The van der Waals surface area contributed by atoms with Crippen LogP contribution in [0.4, 0.5) is 0 Å². The molecule has 3 N–H and O–H groups in total. The quantitative estimate of drug-likeness (QED) is 0.638. The van der Waals surface area contributed by atoms with Crippen LogP contribution in [-0.2, 0) is 14.4 Å². The van der Waals surface area contributed by atoms with Crippen LogP contribution >= 0.6 is 0 Å². The zero-order valence-electron chi connectivity index (χ0n) is 11.3. The Morgan fingerprint density at radius 3 is 2.21 bits per heavy atom. The van der Waals surface area contributed by atoms with E-state index in [9.17, 15) is 19.5 Å². The van der Waals surface area contributed by atoms with Gasteiger partial charge in [0, 0.05) is 19.4 Å². The number of rotatable bonds is 7. The molecule has 6 heteroatoms. The minimum Gasteiger partial charge on any atom is -0.480 e. The third-order valence-electron chi connectivity index (χ3n) is 3.43. The van der Waals surface area contributed by atoms with E-state index < -0.39 is 11.5 Å². The summed E-state index contributed by atoms with van der Waals surface area (Å²) in [5, 5.41) is 14.5. The standard InChI is InChI=1S/C13H22N2O4/c1-2-14-10(16)6-5-7-11(17)15-13(12(18)19)8-3-4-9-13/h2-9H2,1H3,(H,14,16)(H,15,17)(H,18,19). The van der Waals surface area contributed by atoms with E-state index in [1.54, 1.807) is 0 Å². The van der Waals surface area contributed by atoms with E-state index in [0.29, 0.717) is 32.2 Å². The summed E-state index contributed by atoms with van der Waals surface area (Å²) < 4.78 is 0. The molecule has 0 atom stereocenters. The van der Waals surface area contributed by atoms with Crippen LogP contribution in [0, 0.1) is 0 Å². The molecule has 1 fully saturated rings. The van der Waals surface area contributed by atoms with Crippen LogP contribution in [0.25, 0.3) is 0 Å². The Kier molecular flexibility index (Phi) is 5.79. The molecular weight excluding hydrogens is 248 g/mol. The number of carbonyl (C=O) groups excluding carboxylic acids is 2. The lowest BCUT2D eigenvalue weighted by Crippen LogP contribution is -2.52. The summed E-state index contributed by atoms with van der Waals surface area (Å²) in [5.41, 5.74) is -1.08. The van der Waals surface area contributed by atoms with Crippen molar-refractivity contribution >= 4 is 17.8 Å². The molecule has 0 unspecified atom stereocenters. The van der Waals surface area contributed by atoms with Gasteiger partial charge >= 0.3 is 5.97 Å². The zero-order chi connectivity index (χ0) is 14.3. The van der Waals surface area contributed by atoms with Gasteiger partial charge in [-0.15, -0.1) is 0 Å². The molecule has 0 aromatic carbocycles. The Bertz CT molecular complexity index is 349. The summed E-state index contributed by atoms with van der Waals surface area (Å²) in [6.07, 6.45) is 3.55. The summed E-state index contributed by atoms with van der Waals surface area (Å²) in [7, 11) is 0. The van der Waals surface area contributed by atoms with Crippen molar-refractivity contribution in [1.82, 2.24) is 10.6 Å². The van der Waals surface area contributed by atoms with Gasteiger partial charge in [0.05, 0.1) is 0 Å². The number of hydrogen-bond acceptors (Lipinski definition) is 3. The topological polar surface area (TPSA) is 95.5 Å². The Labute approximate surface area is 112 Å². The number of nitrogens with one attached hydrogen (secondary N) is 2. The first-order chi connectivity index (χ1) is 9.00. The fourth-order valence-electron chi connectivity index (χ4n) is 2.40. The number of aliphatic carboxylic acids is 1. The predicted molar refractivity (Wildman–Crippen MR) is 69.5 cm³/mol. The fraction of sp³-hybridized carbons (Fsp3) is 0.769. The number of amides is 2. The molecule has 0 bridgehead atoms. The van der Waals surface area contributed by atoms with E-state index >= 15 is 0 Å². The summed E-state index contributed by atoms with van der Waals surface area (Å²) in [6.45, 7) is 2.41. The van der Waals surface area contributed by atoms with Crippen LogP contribution in [0.15, 0.2) is 0 Å². The van der Waals surface area contributed by atoms with Gasteiger partial charge in [-0.3, -0.25) is 9.59 Å². The smallest absolute Gasteiger partial charge is 0.329 e. The largest absolute Gasteiger partial charge is 0.480 e. The van der Waals surface area contributed by atoms with Crippen LogP contribution in [0.1, 0.15) is 51.9 Å². The first-order valence-corrected chi connectivity index (χ1v) is 6.81. The van der Waals surface area contributed by atoms with Crippen molar-refractivity contribution in [3.8, 4) is 0 Å². The fourth-order valence-corrected chi connectivity index (χ4v) is 2.40. The predicted octanol–water partition coefficient (Wildman–Crippen LogP) is 0.806. The molecule has 0 saturated heterocycles. The second-order valence-electron chi connectivity index (χ2n) is 4.95. The van der Waals surface area contributed by atoms with Gasteiger partial charge in [0.1, 0.15) is 5.54 Å². The van der Waals surface area contributed by atoms with Crippen molar-refractivity contribution in [2.75, 3.05) is 6.54 Å². The van der Waals surface area contributed by atoms with E-state index in [-0.39, 0.29) is 18.2 Å². The molecule has 0 aromatic heterocycles. The number of carboxylic acid groups (broad SMARTS) is 1. The zero-order valence-corrected chi connectivity index (χ0v) is 11.3. The van der Waals surface area contributed by atoms with Crippen molar-refractivity contribution in [2.24, 2.45) is 0 Å². The van der Waals surface area contributed by atoms with Crippen molar-refractivity contribution in [3.63, 3.8) is 0 Å². The minimum atomic E-state index is -1.08. The summed E-state index contributed by atoms with van der Waals surface area (Å²) in [5.74, 6) is -1.32. The van der Waals surface area contributed by atoms with Gasteiger partial charge in [-0.05, 0) is 26.2 Å². The maximum atomic E-state index is 11.7. The van der Waals surface area contributed by atoms with Gasteiger partial charge in [0.15, 0.2) is 0 Å². The van der Waals surface area contributed by atoms with Gasteiger partial charge < -0.3 is 15.7 Å². The minimum absolute atomic E-state index is 0.0795. The Morgan fingerprint density at radius 2 is 1.68 bits per heavy atom. The molecule has 2 amide bonds. The lowest BCUT2D eigenvalue weighted by atomic mass is 9.97. The highest BCUT2D eigenvalue weighted by Gasteiger charge is 2.42. The van der Waals surface area contributed by atoms with Crippen LogP contribution in [0.3, 0.4) is 0 Å². The first kappa shape index (κ1) is 15.5. The molecule has 1 saturated carbocycles. The molecule has 6 nitrogen and oxygen atoms in total. The van der Waals surface area contributed by atoms with E-state index in [1.807, 2.05) is 6.92 Å². The van der Waals surface area contributed by atoms with Crippen LogP contribution in [-0.4, -0.2) is 35.0 Å². The molecule has 0 aromatic rings. The lowest BCUT2D eigenvalue weighted by molar-refractivity contribution is -0.147. The lowest BCUT2D eigenvalue weighted by Gasteiger charge is -2.25. The SMILES string of the molecule is CCNC(=O)CCCC(=O)NC1(C(=O)O)CCCC1. The third kappa shape index (κ3) is 4.54. The number of carbonyl (C=O) groups is 3. The van der Waals surface area contributed by atoms with Crippen molar-refractivity contribution < 1.29 is 19.5 Å². The van der Waals surface area contributed by atoms with Gasteiger partial charge in [0.2, 0.25) is 11.8 Å². The highest BCUT2D eigenvalue weighted by atomic mass is 16.4. The molecule has 0 radical (unpaired) electrons. The Morgan fingerprint density at radius 1 is 1.11 bits per heavy atom. The second kappa shape index (κ2) is 7.11. The third-order valence-corrected chi connectivity index (χ3v) is 3.43. The normalized spacial score (nSPS) is 16.9. The molecular formula is C13H22N2O4. The van der Waals surface area contributed by atoms with Crippen LogP contribution in [0.2, 0.25) is 0 Å². The molecule has 0 heterocycles. The van der Waals surface area contributed by atoms with E-state index in [1.165, 1.54) is 0 Å². The maximum Gasteiger partial charge on any atom is 0.329 e. The highest BCUT2D eigenvalue weighted by molar-refractivity contribution is 5.87. The first-order valence-electron chi connectivity index (χ1n) is 6.81. The average Bonchev–Trinajstić information content (AvgIpc) is 2.79. The van der Waals surface area contributed by atoms with E-state index in [4.69, 9.17) is 0 Å². The van der Waals surface area contributed by atoms with Gasteiger partial charge in [-0.25, -0.2) is 4.79 Å². The summed E-state index contributed by atoms with van der Waals surface area (Å²) in [6, 6.07) is 0. The number of carboxylic acids is 1. The Hall–Kier alpha value is -1.59. The number of hydrogen-bond donors (Lipinski definition) is 3. The monoisotopic (exact) mass is 270 g/mol. The molecule has 108 valence electrons. The van der Waals surface area contributed by atoms with Crippen LogP contribution < -0.4 is 10.6 Å². The van der Waals surface area contributed by atoms with Crippen LogP contribution in [0.5, 0.6) is 0 Å². The highest BCUT2D eigenvalue weighted by Crippen LogP contribution is 2.30. The molecule has 0 spiro atoms. The van der Waals surface area contributed by atoms with E-state index in [0.717, 1.165) is 12.8 Å². The van der Waals surface area contributed by atoms with Crippen molar-refractivity contribution in [1.29, 1.82) is 0 Å². The maximum absolute atomic E-state index is 11.7.